The number of carbonyl (C=O) groups excluding carboxylic acids is 2. The van der Waals surface area contributed by atoms with Crippen molar-refractivity contribution in [3.05, 3.63) is 83.9 Å². The van der Waals surface area contributed by atoms with Crippen LogP contribution in [-0.4, -0.2) is 25.0 Å². The summed E-state index contributed by atoms with van der Waals surface area (Å²) >= 11 is 0. The molecule has 0 aliphatic carbocycles. The number of unbranched alkanes of at least 4 members (excludes halogenated alkanes) is 4. The normalized spacial score (nSPS) is 10.5. The minimum atomic E-state index is -0.303. The Kier molecular flexibility index (Phi) is 10.8. The van der Waals surface area contributed by atoms with Crippen LogP contribution >= 0.6 is 0 Å². The molecule has 0 saturated carbocycles. The van der Waals surface area contributed by atoms with E-state index in [2.05, 4.69) is 24.5 Å². The van der Waals surface area contributed by atoms with Crippen LogP contribution < -0.4 is 20.1 Å². The highest BCUT2D eigenvalue weighted by molar-refractivity contribution is 6.11. The number of rotatable bonds is 14. The van der Waals surface area contributed by atoms with Crippen molar-refractivity contribution < 1.29 is 19.1 Å². The van der Waals surface area contributed by atoms with Gasteiger partial charge in [0.15, 0.2) is 0 Å². The first kappa shape index (κ1) is 26.8. The fourth-order valence-electron chi connectivity index (χ4n) is 3.71. The number of hydrogen-bond acceptors (Lipinski definition) is 4. The Balaban J connectivity index is 1.71. The summed E-state index contributed by atoms with van der Waals surface area (Å²) < 4.78 is 11.7. The monoisotopic (exact) mass is 488 g/mol. The van der Waals surface area contributed by atoms with E-state index in [1.54, 1.807) is 48.5 Å². The van der Waals surface area contributed by atoms with Crippen molar-refractivity contribution in [2.75, 3.05) is 23.8 Å². The van der Waals surface area contributed by atoms with Crippen LogP contribution in [0.5, 0.6) is 11.5 Å². The van der Waals surface area contributed by atoms with Crippen LogP contribution in [0.3, 0.4) is 0 Å². The summed E-state index contributed by atoms with van der Waals surface area (Å²) in [5.74, 6) is 0.480. The van der Waals surface area contributed by atoms with Gasteiger partial charge in [-0.1, -0.05) is 75.9 Å². The predicted molar refractivity (Wildman–Crippen MR) is 145 cm³/mol. The number of para-hydroxylation sites is 4. The molecule has 0 heterocycles. The molecule has 0 bridgehead atoms. The van der Waals surface area contributed by atoms with E-state index < -0.39 is 0 Å². The zero-order valence-corrected chi connectivity index (χ0v) is 21.2. The van der Waals surface area contributed by atoms with Crippen LogP contribution in [0.4, 0.5) is 11.4 Å². The van der Waals surface area contributed by atoms with Gasteiger partial charge in [-0.3, -0.25) is 9.59 Å². The molecule has 0 atom stereocenters. The zero-order valence-electron chi connectivity index (χ0n) is 21.2. The molecule has 3 aromatic rings. The Morgan fingerprint density at radius 1 is 0.583 bits per heavy atom. The van der Waals surface area contributed by atoms with Crippen LogP contribution in [0.15, 0.2) is 72.8 Å². The summed E-state index contributed by atoms with van der Waals surface area (Å²) in [5.41, 5.74) is 1.89. The van der Waals surface area contributed by atoms with Crippen molar-refractivity contribution in [3.63, 3.8) is 0 Å². The number of anilines is 2. The van der Waals surface area contributed by atoms with Crippen molar-refractivity contribution in [3.8, 4) is 11.5 Å². The number of benzene rings is 3. The second-order valence-electron chi connectivity index (χ2n) is 8.56. The molecule has 0 aliphatic heterocycles. The van der Waals surface area contributed by atoms with E-state index >= 15 is 0 Å². The molecular weight excluding hydrogens is 452 g/mol. The molecule has 0 aromatic heterocycles. The number of carbonyl (C=O) groups is 2. The number of amides is 2. The molecule has 2 N–H and O–H groups in total. The fraction of sp³-hybridized carbons (Fsp3) is 0.333. The first-order chi connectivity index (χ1) is 17.6. The van der Waals surface area contributed by atoms with Crippen molar-refractivity contribution in [1.29, 1.82) is 0 Å². The lowest BCUT2D eigenvalue weighted by atomic mass is 10.1. The van der Waals surface area contributed by atoms with Crippen molar-refractivity contribution in [2.45, 2.75) is 52.4 Å². The number of ether oxygens (including phenoxy) is 2. The zero-order chi connectivity index (χ0) is 25.6. The molecule has 36 heavy (non-hydrogen) atoms. The summed E-state index contributed by atoms with van der Waals surface area (Å²) in [5, 5.41) is 5.85. The van der Waals surface area contributed by atoms with Crippen LogP contribution in [-0.2, 0) is 0 Å². The number of hydrogen-bond donors (Lipinski definition) is 2. The molecule has 0 saturated heterocycles. The van der Waals surface area contributed by atoms with Gasteiger partial charge in [-0.2, -0.15) is 0 Å². The fourth-order valence-corrected chi connectivity index (χ4v) is 3.71. The first-order valence-corrected chi connectivity index (χ1v) is 12.8. The Hall–Kier alpha value is -3.80. The number of nitrogens with one attached hydrogen (secondary N) is 2. The van der Waals surface area contributed by atoms with Gasteiger partial charge in [-0.15, -0.1) is 0 Å². The molecule has 6 heteroatoms. The van der Waals surface area contributed by atoms with E-state index in [1.807, 2.05) is 24.3 Å². The van der Waals surface area contributed by atoms with E-state index in [4.69, 9.17) is 9.47 Å². The third-order valence-corrected chi connectivity index (χ3v) is 5.70. The van der Waals surface area contributed by atoms with E-state index in [0.717, 1.165) is 38.5 Å². The third-order valence-electron chi connectivity index (χ3n) is 5.70. The average Bonchev–Trinajstić information content (AvgIpc) is 2.90. The highest BCUT2D eigenvalue weighted by Gasteiger charge is 2.17. The lowest BCUT2D eigenvalue weighted by Gasteiger charge is -2.15. The van der Waals surface area contributed by atoms with Crippen LogP contribution in [0.2, 0.25) is 0 Å². The summed E-state index contributed by atoms with van der Waals surface area (Å²) in [6.07, 6.45) is 6.23. The van der Waals surface area contributed by atoms with Gasteiger partial charge in [0.25, 0.3) is 11.8 Å². The maximum Gasteiger partial charge on any atom is 0.259 e. The maximum atomic E-state index is 13.1. The maximum absolute atomic E-state index is 13.1. The van der Waals surface area contributed by atoms with Crippen LogP contribution in [0.1, 0.15) is 73.1 Å². The molecule has 3 aromatic carbocycles. The molecule has 0 fully saturated rings. The smallest absolute Gasteiger partial charge is 0.259 e. The highest BCUT2D eigenvalue weighted by atomic mass is 16.5. The lowest BCUT2D eigenvalue weighted by molar-refractivity contribution is 0.101. The topological polar surface area (TPSA) is 76.7 Å². The van der Waals surface area contributed by atoms with Gasteiger partial charge in [0.1, 0.15) is 11.5 Å². The minimum Gasteiger partial charge on any atom is -0.493 e. The summed E-state index contributed by atoms with van der Waals surface area (Å²) in [6.45, 7) is 5.39. The van der Waals surface area contributed by atoms with Gasteiger partial charge in [-0.05, 0) is 49.2 Å². The highest BCUT2D eigenvalue weighted by Crippen LogP contribution is 2.27. The molecule has 2 amide bonds. The predicted octanol–water partition coefficient (Wildman–Crippen LogP) is 7.33. The molecule has 6 nitrogen and oxygen atoms in total. The third kappa shape index (κ3) is 7.87. The molecule has 190 valence electrons. The second-order valence-corrected chi connectivity index (χ2v) is 8.56. The van der Waals surface area contributed by atoms with Crippen molar-refractivity contribution >= 4 is 23.2 Å². The lowest BCUT2D eigenvalue weighted by Crippen LogP contribution is -2.18. The molecular formula is C30H36N2O4. The second kappa shape index (κ2) is 14.6. The average molecular weight is 489 g/mol. The van der Waals surface area contributed by atoms with Gasteiger partial charge >= 0.3 is 0 Å². The van der Waals surface area contributed by atoms with E-state index in [-0.39, 0.29) is 11.8 Å². The van der Waals surface area contributed by atoms with E-state index in [9.17, 15) is 9.59 Å². The quantitative estimate of drug-likeness (QED) is 0.233. The molecule has 0 aliphatic rings. The van der Waals surface area contributed by atoms with Gasteiger partial charge in [0.2, 0.25) is 0 Å². The SMILES string of the molecule is CCCCCOc1ccccc1C(=O)Nc1ccccc1NC(=O)c1ccccc1OCCCCC. The summed E-state index contributed by atoms with van der Waals surface area (Å²) in [7, 11) is 0. The molecule has 0 spiro atoms. The van der Waals surface area contributed by atoms with Crippen molar-refractivity contribution in [1.82, 2.24) is 0 Å². The van der Waals surface area contributed by atoms with Crippen LogP contribution in [0.25, 0.3) is 0 Å². The molecule has 0 unspecified atom stereocenters. The van der Waals surface area contributed by atoms with Gasteiger partial charge < -0.3 is 20.1 Å². The summed E-state index contributed by atoms with van der Waals surface area (Å²) in [6, 6.07) is 21.5. The van der Waals surface area contributed by atoms with Crippen LogP contribution in [0, 0.1) is 0 Å². The van der Waals surface area contributed by atoms with Gasteiger partial charge in [-0.25, -0.2) is 0 Å². The Bertz CT molecular complexity index is 1040. The Morgan fingerprint density at radius 3 is 1.39 bits per heavy atom. The van der Waals surface area contributed by atoms with E-state index in [1.165, 1.54) is 0 Å². The molecule has 3 rings (SSSR count). The van der Waals surface area contributed by atoms with E-state index in [0.29, 0.717) is 47.2 Å². The molecule has 0 radical (unpaired) electrons. The van der Waals surface area contributed by atoms with Gasteiger partial charge in [0.05, 0.1) is 35.7 Å². The Labute approximate surface area is 214 Å². The van der Waals surface area contributed by atoms with Crippen molar-refractivity contribution in [2.24, 2.45) is 0 Å². The largest absolute Gasteiger partial charge is 0.493 e. The first-order valence-electron chi connectivity index (χ1n) is 12.8. The van der Waals surface area contributed by atoms with Gasteiger partial charge in [0, 0.05) is 0 Å². The summed E-state index contributed by atoms with van der Waals surface area (Å²) in [4.78, 5) is 26.3. The Morgan fingerprint density at radius 2 is 0.972 bits per heavy atom. The standard InChI is InChI=1S/C30H36N2O4/c1-3-5-13-21-35-27-19-11-7-15-23(27)29(33)31-25-17-9-10-18-26(25)32-30(34)24-16-8-12-20-28(24)36-22-14-6-4-2/h7-12,15-20H,3-6,13-14,21-22H2,1-2H3,(H,31,33)(H,32,34). The minimum absolute atomic E-state index is 0.303.